The normalized spacial score (nSPS) is 19.3. The van der Waals surface area contributed by atoms with Crippen molar-refractivity contribution < 1.29 is 4.74 Å². The molecule has 0 aromatic heterocycles. The highest BCUT2D eigenvalue weighted by molar-refractivity contribution is 5.09. The maximum atomic E-state index is 9.41. The molecule has 0 radical (unpaired) electrons. The Bertz CT molecular complexity index is 291. The highest BCUT2D eigenvalue weighted by atomic mass is 16.5. The molecule has 0 amide bonds. The van der Waals surface area contributed by atoms with Crippen LogP contribution in [0.15, 0.2) is 0 Å². The summed E-state index contributed by atoms with van der Waals surface area (Å²) in [5.41, 5.74) is -0.369. The molecule has 1 rings (SSSR count). The average molecular weight is 252 g/mol. The minimum absolute atomic E-state index is 0.0363. The second kappa shape index (κ2) is 6.54. The highest BCUT2D eigenvalue weighted by Gasteiger charge is 2.34. The maximum Gasteiger partial charge on any atom is 0.106 e. The first kappa shape index (κ1) is 15.5. The molecule has 18 heavy (non-hydrogen) atoms. The van der Waals surface area contributed by atoms with Crippen LogP contribution in [0.1, 0.15) is 66.2 Å². The average Bonchev–Trinajstić information content (AvgIpc) is 3.17. The van der Waals surface area contributed by atoms with Gasteiger partial charge < -0.3 is 4.74 Å². The molecule has 1 N–H and O–H groups in total. The van der Waals surface area contributed by atoms with Crippen LogP contribution < -0.4 is 5.32 Å². The minimum atomic E-state index is -0.332. The van der Waals surface area contributed by atoms with Crippen LogP contribution in [0, 0.1) is 11.3 Å². The van der Waals surface area contributed by atoms with Gasteiger partial charge in [0.25, 0.3) is 0 Å². The Labute approximate surface area is 112 Å². The first-order valence-corrected chi connectivity index (χ1v) is 7.30. The molecule has 0 spiro atoms. The summed E-state index contributed by atoms with van der Waals surface area (Å²) in [6, 6.07) is 3.06. The summed E-state index contributed by atoms with van der Waals surface area (Å²) >= 11 is 0. The van der Waals surface area contributed by atoms with Gasteiger partial charge in [-0.05, 0) is 52.4 Å². The number of nitriles is 1. The lowest BCUT2D eigenvalue weighted by atomic mass is 9.92. The first-order chi connectivity index (χ1) is 8.47. The number of nitrogens with one attached hydrogen (secondary N) is 1. The molecule has 3 heteroatoms. The highest BCUT2D eigenvalue weighted by Crippen LogP contribution is 2.27. The monoisotopic (exact) mass is 252 g/mol. The molecule has 1 atom stereocenters. The van der Waals surface area contributed by atoms with Gasteiger partial charge in [-0.25, -0.2) is 0 Å². The van der Waals surface area contributed by atoms with Crippen molar-refractivity contribution in [1.82, 2.24) is 5.32 Å². The van der Waals surface area contributed by atoms with Crippen molar-refractivity contribution >= 4 is 0 Å². The van der Waals surface area contributed by atoms with E-state index in [9.17, 15) is 5.26 Å². The van der Waals surface area contributed by atoms with Crippen molar-refractivity contribution in [2.24, 2.45) is 0 Å². The Morgan fingerprint density at radius 3 is 2.39 bits per heavy atom. The Morgan fingerprint density at radius 1 is 1.28 bits per heavy atom. The van der Waals surface area contributed by atoms with E-state index in [1.165, 1.54) is 12.8 Å². The van der Waals surface area contributed by atoms with Crippen LogP contribution in [-0.2, 0) is 4.74 Å². The lowest BCUT2D eigenvalue weighted by Gasteiger charge is -2.28. The predicted molar refractivity (Wildman–Crippen MR) is 74.3 cm³/mol. The van der Waals surface area contributed by atoms with Crippen LogP contribution in [-0.4, -0.2) is 23.8 Å². The van der Waals surface area contributed by atoms with Gasteiger partial charge in [0.05, 0.1) is 11.7 Å². The number of ether oxygens (including phenoxy) is 1. The molecule has 1 saturated carbocycles. The molecule has 3 nitrogen and oxygen atoms in total. The summed E-state index contributed by atoms with van der Waals surface area (Å²) in [7, 11) is 0. The predicted octanol–water partition coefficient (Wildman–Crippen LogP) is 3.40. The van der Waals surface area contributed by atoms with Gasteiger partial charge in [0.2, 0.25) is 0 Å². The molecule has 1 aliphatic carbocycles. The zero-order chi connectivity index (χ0) is 13.6. The molecule has 0 heterocycles. The largest absolute Gasteiger partial charge is 0.376 e. The Hall–Kier alpha value is -0.590. The molecule has 1 aliphatic rings. The van der Waals surface area contributed by atoms with E-state index >= 15 is 0 Å². The summed E-state index contributed by atoms with van der Waals surface area (Å²) in [5, 5.41) is 12.9. The topological polar surface area (TPSA) is 45.0 Å². The third-order valence-electron chi connectivity index (χ3n) is 3.97. The van der Waals surface area contributed by atoms with E-state index in [0.29, 0.717) is 6.04 Å². The maximum absolute atomic E-state index is 9.41. The molecular weight excluding hydrogens is 224 g/mol. The zero-order valence-electron chi connectivity index (χ0n) is 12.4. The van der Waals surface area contributed by atoms with E-state index in [1.54, 1.807) is 0 Å². The van der Waals surface area contributed by atoms with Crippen molar-refractivity contribution in [3.05, 3.63) is 0 Å². The molecule has 1 unspecified atom stereocenters. The van der Waals surface area contributed by atoms with Gasteiger partial charge in [0.15, 0.2) is 0 Å². The Morgan fingerprint density at radius 2 is 1.94 bits per heavy atom. The summed E-state index contributed by atoms with van der Waals surface area (Å²) in [4.78, 5) is 0. The SMILES string of the molecule is CCC(C#N)(CCCOC(C)(C)CC)NC1CC1. The first-order valence-electron chi connectivity index (χ1n) is 7.30. The van der Waals surface area contributed by atoms with E-state index in [4.69, 9.17) is 4.74 Å². The van der Waals surface area contributed by atoms with Crippen LogP contribution in [0.4, 0.5) is 0 Å². The number of hydrogen-bond donors (Lipinski definition) is 1. The van der Waals surface area contributed by atoms with Gasteiger partial charge in [-0.1, -0.05) is 13.8 Å². The third kappa shape index (κ3) is 4.96. The van der Waals surface area contributed by atoms with E-state index in [0.717, 1.165) is 32.3 Å². The van der Waals surface area contributed by atoms with Gasteiger partial charge in [0.1, 0.15) is 5.54 Å². The van der Waals surface area contributed by atoms with Crippen LogP contribution in [0.25, 0.3) is 0 Å². The van der Waals surface area contributed by atoms with Gasteiger partial charge >= 0.3 is 0 Å². The summed E-state index contributed by atoms with van der Waals surface area (Å²) in [6.45, 7) is 9.21. The van der Waals surface area contributed by atoms with Crippen molar-refractivity contribution in [1.29, 1.82) is 5.26 Å². The molecular formula is C15H28N2O. The molecule has 0 aliphatic heterocycles. The van der Waals surface area contributed by atoms with Crippen LogP contribution in [0.2, 0.25) is 0 Å². The Kier molecular flexibility index (Phi) is 5.62. The molecule has 0 aromatic rings. The second-order valence-electron chi connectivity index (χ2n) is 6.03. The lowest BCUT2D eigenvalue weighted by Crippen LogP contribution is -2.45. The number of rotatable bonds is 9. The summed E-state index contributed by atoms with van der Waals surface area (Å²) in [5.74, 6) is 0. The lowest BCUT2D eigenvalue weighted by molar-refractivity contribution is -0.0230. The molecule has 0 saturated heterocycles. The van der Waals surface area contributed by atoms with Gasteiger partial charge in [0, 0.05) is 12.6 Å². The van der Waals surface area contributed by atoms with E-state index in [2.05, 4.69) is 39.1 Å². The quantitative estimate of drug-likeness (QED) is 0.640. The van der Waals surface area contributed by atoms with Gasteiger partial charge in [-0.15, -0.1) is 0 Å². The van der Waals surface area contributed by atoms with Gasteiger partial charge in [-0.3, -0.25) is 5.32 Å². The van der Waals surface area contributed by atoms with Crippen LogP contribution >= 0.6 is 0 Å². The summed E-state index contributed by atoms with van der Waals surface area (Å²) < 4.78 is 5.85. The van der Waals surface area contributed by atoms with E-state index in [1.807, 2.05) is 0 Å². The van der Waals surface area contributed by atoms with Crippen molar-refractivity contribution in [2.45, 2.75) is 83.4 Å². The fourth-order valence-electron chi connectivity index (χ4n) is 1.96. The third-order valence-corrected chi connectivity index (χ3v) is 3.97. The molecule has 1 fully saturated rings. The fourth-order valence-corrected chi connectivity index (χ4v) is 1.96. The minimum Gasteiger partial charge on any atom is -0.376 e. The smallest absolute Gasteiger partial charge is 0.106 e. The van der Waals surface area contributed by atoms with Gasteiger partial charge in [-0.2, -0.15) is 5.26 Å². The number of nitrogens with zero attached hydrogens (tertiary/aromatic N) is 1. The van der Waals surface area contributed by atoms with Crippen molar-refractivity contribution in [3.8, 4) is 6.07 Å². The van der Waals surface area contributed by atoms with Crippen molar-refractivity contribution in [3.63, 3.8) is 0 Å². The van der Waals surface area contributed by atoms with E-state index in [-0.39, 0.29) is 11.1 Å². The zero-order valence-corrected chi connectivity index (χ0v) is 12.4. The Balaban J connectivity index is 2.31. The summed E-state index contributed by atoms with van der Waals surface area (Å²) in [6.07, 6.45) is 6.17. The molecule has 0 bridgehead atoms. The second-order valence-corrected chi connectivity index (χ2v) is 6.03. The van der Waals surface area contributed by atoms with Crippen LogP contribution in [0.5, 0.6) is 0 Å². The standard InChI is InChI=1S/C15H28N2O/c1-5-14(3,4)18-11-7-10-15(6-2,12-16)17-13-8-9-13/h13,17H,5-11H2,1-4H3. The fraction of sp³-hybridized carbons (Fsp3) is 0.933. The molecule has 104 valence electrons. The van der Waals surface area contributed by atoms with Crippen molar-refractivity contribution in [2.75, 3.05) is 6.61 Å². The number of hydrogen-bond acceptors (Lipinski definition) is 3. The molecule has 0 aromatic carbocycles. The van der Waals surface area contributed by atoms with E-state index < -0.39 is 0 Å². The van der Waals surface area contributed by atoms with Crippen LogP contribution in [0.3, 0.4) is 0 Å².